The van der Waals surface area contributed by atoms with Crippen LogP contribution in [-0.2, 0) is 0 Å². The summed E-state index contributed by atoms with van der Waals surface area (Å²) in [6.07, 6.45) is 2.33. The number of hydrogen-bond donors (Lipinski definition) is 2. The zero-order valence-corrected chi connectivity index (χ0v) is 11.8. The molecule has 0 radical (unpaired) electrons. The summed E-state index contributed by atoms with van der Waals surface area (Å²) in [5, 5.41) is 3.03. The van der Waals surface area contributed by atoms with Crippen LogP contribution in [0.15, 0.2) is 18.2 Å². The summed E-state index contributed by atoms with van der Waals surface area (Å²) < 4.78 is 0. The van der Waals surface area contributed by atoms with Crippen LogP contribution in [0, 0.1) is 12.8 Å². The van der Waals surface area contributed by atoms with E-state index in [-0.39, 0.29) is 5.91 Å². The summed E-state index contributed by atoms with van der Waals surface area (Å²) in [5.74, 6) is 0.608. The van der Waals surface area contributed by atoms with Crippen molar-refractivity contribution in [1.29, 1.82) is 0 Å². The molecule has 0 aromatic heterocycles. The second kappa shape index (κ2) is 6.06. The van der Waals surface area contributed by atoms with E-state index in [1.807, 2.05) is 13.0 Å². The lowest BCUT2D eigenvalue weighted by atomic mass is 9.97. The standard InChI is InChI=1S/C15H23N3O/c1-11-9-13(3-4-14(11)16)15(19)17-10-12-5-7-18(2)8-6-12/h3-4,9,12H,5-8,10,16H2,1-2H3,(H,17,19). The number of nitrogens with one attached hydrogen (secondary N) is 1. The molecule has 0 spiro atoms. The maximum Gasteiger partial charge on any atom is 0.251 e. The molecule has 4 heteroatoms. The minimum absolute atomic E-state index is 0.00188. The Bertz CT molecular complexity index is 451. The monoisotopic (exact) mass is 261 g/mol. The van der Waals surface area contributed by atoms with Crippen LogP contribution in [0.3, 0.4) is 0 Å². The molecule has 1 heterocycles. The molecule has 1 aliphatic rings. The number of carbonyl (C=O) groups excluding carboxylic acids is 1. The van der Waals surface area contributed by atoms with Crippen LogP contribution in [-0.4, -0.2) is 37.5 Å². The van der Waals surface area contributed by atoms with Crippen LogP contribution in [0.4, 0.5) is 5.69 Å². The van der Waals surface area contributed by atoms with E-state index in [9.17, 15) is 4.79 Å². The molecule has 1 fully saturated rings. The molecule has 1 saturated heterocycles. The first-order chi connectivity index (χ1) is 9.06. The summed E-state index contributed by atoms with van der Waals surface area (Å²) in [5.41, 5.74) is 8.13. The van der Waals surface area contributed by atoms with Gasteiger partial charge in [0.15, 0.2) is 0 Å². The molecule has 104 valence electrons. The van der Waals surface area contributed by atoms with Gasteiger partial charge < -0.3 is 16.0 Å². The molecule has 0 unspecified atom stereocenters. The second-order valence-corrected chi connectivity index (χ2v) is 5.53. The van der Waals surface area contributed by atoms with Crippen molar-refractivity contribution in [2.45, 2.75) is 19.8 Å². The number of nitrogens with two attached hydrogens (primary N) is 1. The molecule has 0 aliphatic carbocycles. The topological polar surface area (TPSA) is 58.4 Å². The summed E-state index contributed by atoms with van der Waals surface area (Å²) >= 11 is 0. The smallest absolute Gasteiger partial charge is 0.251 e. The number of amides is 1. The van der Waals surface area contributed by atoms with E-state index in [0.29, 0.717) is 11.5 Å². The predicted molar refractivity (Wildman–Crippen MR) is 78.1 cm³/mol. The van der Waals surface area contributed by atoms with Crippen LogP contribution < -0.4 is 11.1 Å². The lowest BCUT2D eigenvalue weighted by molar-refractivity contribution is 0.0939. The van der Waals surface area contributed by atoms with Crippen molar-refractivity contribution in [3.05, 3.63) is 29.3 Å². The number of anilines is 1. The molecular weight excluding hydrogens is 238 g/mol. The molecular formula is C15H23N3O. The molecule has 4 nitrogen and oxygen atoms in total. The molecule has 1 aromatic carbocycles. The van der Waals surface area contributed by atoms with Crippen LogP contribution in [0.1, 0.15) is 28.8 Å². The Morgan fingerprint density at radius 2 is 2.11 bits per heavy atom. The highest BCUT2D eigenvalue weighted by atomic mass is 16.1. The van der Waals surface area contributed by atoms with E-state index < -0.39 is 0 Å². The van der Waals surface area contributed by atoms with Gasteiger partial charge in [0.25, 0.3) is 5.91 Å². The molecule has 1 aromatic rings. The van der Waals surface area contributed by atoms with E-state index in [1.165, 1.54) is 0 Å². The second-order valence-electron chi connectivity index (χ2n) is 5.53. The van der Waals surface area contributed by atoms with Gasteiger partial charge in [-0.05, 0) is 69.6 Å². The fraction of sp³-hybridized carbons (Fsp3) is 0.533. The van der Waals surface area contributed by atoms with Gasteiger partial charge in [-0.15, -0.1) is 0 Å². The van der Waals surface area contributed by atoms with Gasteiger partial charge in [-0.25, -0.2) is 0 Å². The Kier molecular flexibility index (Phi) is 4.43. The molecule has 0 atom stereocenters. The van der Waals surface area contributed by atoms with Crippen molar-refractivity contribution in [1.82, 2.24) is 10.2 Å². The van der Waals surface area contributed by atoms with Gasteiger partial charge in [0.1, 0.15) is 0 Å². The minimum atomic E-state index is 0.00188. The molecule has 0 saturated carbocycles. The van der Waals surface area contributed by atoms with E-state index in [1.54, 1.807) is 12.1 Å². The number of nitrogens with zero attached hydrogens (tertiary/aromatic N) is 1. The highest BCUT2D eigenvalue weighted by molar-refractivity contribution is 5.94. The van der Waals surface area contributed by atoms with Gasteiger partial charge in [-0.2, -0.15) is 0 Å². The maximum absolute atomic E-state index is 12.1. The van der Waals surface area contributed by atoms with Crippen molar-refractivity contribution < 1.29 is 4.79 Å². The normalized spacial score (nSPS) is 17.4. The summed E-state index contributed by atoms with van der Waals surface area (Å²) in [6, 6.07) is 5.42. The summed E-state index contributed by atoms with van der Waals surface area (Å²) in [6.45, 7) is 4.95. The van der Waals surface area contributed by atoms with E-state index >= 15 is 0 Å². The first-order valence-electron chi connectivity index (χ1n) is 6.89. The summed E-state index contributed by atoms with van der Waals surface area (Å²) in [4.78, 5) is 14.4. The van der Waals surface area contributed by atoms with E-state index in [2.05, 4.69) is 17.3 Å². The number of likely N-dealkylation sites (tertiary alicyclic amines) is 1. The Balaban J connectivity index is 1.85. The number of benzene rings is 1. The number of piperidine rings is 1. The SMILES string of the molecule is Cc1cc(C(=O)NCC2CCN(C)CC2)ccc1N. The lowest BCUT2D eigenvalue weighted by Crippen LogP contribution is -2.36. The zero-order chi connectivity index (χ0) is 13.8. The van der Waals surface area contributed by atoms with Gasteiger partial charge in [-0.1, -0.05) is 0 Å². The molecule has 3 N–H and O–H groups in total. The number of nitrogen functional groups attached to an aromatic ring is 1. The van der Waals surface area contributed by atoms with Crippen LogP contribution in [0.25, 0.3) is 0 Å². The van der Waals surface area contributed by atoms with Crippen molar-refractivity contribution in [2.75, 3.05) is 32.4 Å². The predicted octanol–water partition coefficient (Wildman–Crippen LogP) is 1.65. The molecule has 0 bridgehead atoms. The van der Waals surface area contributed by atoms with E-state index in [4.69, 9.17) is 5.73 Å². The van der Waals surface area contributed by atoms with Crippen LogP contribution in [0.5, 0.6) is 0 Å². The third kappa shape index (κ3) is 3.70. The average molecular weight is 261 g/mol. The van der Waals surface area contributed by atoms with E-state index in [0.717, 1.165) is 43.7 Å². The zero-order valence-electron chi connectivity index (χ0n) is 11.8. The Morgan fingerprint density at radius 3 is 2.74 bits per heavy atom. The average Bonchev–Trinajstić information content (AvgIpc) is 2.41. The Labute approximate surface area is 115 Å². The highest BCUT2D eigenvalue weighted by Crippen LogP contribution is 2.16. The van der Waals surface area contributed by atoms with Gasteiger partial charge in [0.05, 0.1) is 0 Å². The van der Waals surface area contributed by atoms with Crippen LogP contribution in [0.2, 0.25) is 0 Å². The number of rotatable bonds is 3. The quantitative estimate of drug-likeness (QED) is 0.813. The van der Waals surface area contributed by atoms with Crippen LogP contribution >= 0.6 is 0 Å². The third-order valence-electron chi connectivity index (χ3n) is 3.92. The van der Waals surface area contributed by atoms with Gasteiger partial charge in [-0.3, -0.25) is 4.79 Å². The first-order valence-corrected chi connectivity index (χ1v) is 6.89. The highest BCUT2D eigenvalue weighted by Gasteiger charge is 2.17. The molecule has 1 amide bonds. The largest absolute Gasteiger partial charge is 0.399 e. The third-order valence-corrected chi connectivity index (χ3v) is 3.92. The van der Waals surface area contributed by atoms with Gasteiger partial charge >= 0.3 is 0 Å². The minimum Gasteiger partial charge on any atom is -0.399 e. The van der Waals surface area contributed by atoms with Gasteiger partial charge in [0.2, 0.25) is 0 Å². The van der Waals surface area contributed by atoms with Crippen molar-refractivity contribution in [3.63, 3.8) is 0 Å². The number of aryl methyl sites for hydroxylation is 1. The Morgan fingerprint density at radius 1 is 1.42 bits per heavy atom. The number of carbonyl (C=O) groups is 1. The van der Waals surface area contributed by atoms with Crippen molar-refractivity contribution in [3.8, 4) is 0 Å². The molecule has 19 heavy (non-hydrogen) atoms. The number of hydrogen-bond acceptors (Lipinski definition) is 3. The first kappa shape index (κ1) is 13.9. The fourth-order valence-electron chi connectivity index (χ4n) is 2.42. The van der Waals surface area contributed by atoms with Crippen molar-refractivity contribution in [2.24, 2.45) is 5.92 Å². The summed E-state index contributed by atoms with van der Waals surface area (Å²) in [7, 11) is 2.14. The maximum atomic E-state index is 12.1. The van der Waals surface area contributed by atoms with Crippen molar-refractivity contribution >= 4 is 11.6 Å². The molecule has 1 aliphatic heterocycles. The lowest BCUT2D eigenvalue weighted by Gasteiger charge is -2.28. The fourth-order valence-corrected chi connectivity index (χ4v) is 2.42. The molecule has 2 rings (SSSR count). The Hall–Kier alpha value is -1.55. The van der Waals surface area contributed by atoms with Gasteiger partial charge in [0, 0.05) is 17.8 Å².